The van der Waals surface area contributed by atoms with Gasteiger partial charge in [0.15, 0.2) is 5.82 Å². The third kappa shape index (κ3) is 4.43. The van der Waals surface area contributed by atoms with Crippen molar-refractivity contribution < 1.29 is 8.91 Å². The minimum atomic E-state index is -0.160. The van der Waals surface area contributed by atoms with E-state index in [1.807, 2.05) is 30.3 Å². The monoisotopic (exact) mass is 448 g/mol. The zero-order valence-electron chi connectivity index (χ0n) is 17.9. The first kappa shape index (κ1) is 20.8. The molecule has 1 saturated heterocycles. The molecule has 0 unspecified atom stereocenters. The lowest BCUT2D eigenvalue weighted by atomic mass is 9.95. The maximum Gasteiger partial charge on any atom is 0.213 e. The van der Waals surface area contributed by atoms with E-state index < -0.39 is 0 Å². The highest BCUT2D eigenvalue weighted by Crippen LogP contribution is 2.38. The second-order valence-electron chi connectivity index (χ2n) is 8.16. The van der Waals surface area contributed by atoms with Crippen LogP contribution < -0.4 is 4.90 Å². The van der Waals surface area contributed by atoms with Crippen molar-refractivity contribution in [3.63, 3.8) is 0 Å². The normalized spacial score (nSPS) is 17.3. The standard InChI is InChI=1S/C25H25FN4OS/c1-18-7-10-24(19-5-3-2-4-6-19)32-30(18)16-21-8-9-22(15-23(21)26)29-13-11-20(12-14-29)25-27-17-31-28-25/h2-10,15,17,20H,11-14,16H2,1H3. The summed E-state index contributed by atoms with van der Waals surface area (Å²) in [7, 11) is 0. The molecule has 3 heterocycles. The minimum Gasteiger partial charge on any atom is -0.371 e. The van der Waals surface area contributed by atoms with Gasteiger partial charge in [-0.3, -0.25) is 0 Å². The van der Waals surface area contributed by atoms with Crippen LogP contribution in [0.1, 0.15) is 42.6 Å². The Hall–Kier alpha value is -3.06. The van der Waals surface area contributed by atoms with E-state index in [-0.39, 0.29) is 5.82 Å². The number of allylic oxidation sites excluding steroid dienone is 3. The highest BCUT2D eigenvalue weighted by atomic mass is 32.2. The molecule has 1 aromatic heterocycles. The van der Waals surface area contributed by atoms with E-state index >= 15 is 4.39 Å². The molecule has 0 radical (unpaired) electrons. The fourth-order valence-corrected chi connectivity index (χ4v) is 5.20. The van der Waals surface area contributed by atoms with Crippen molar-refractivity contribution in [1.29, 1.82) is 0 Å². The van der Waals surface area contributed by atoms with Gasteiger partial charge in [0, 0.05) is 40.9 Å². The molecule has 164 valence electrons. The van der Waals surface area contributed by atoms with Gasteiger partial charge in [0.2, 0.25) is 6.39 Å². The van der Waals surface area contributed by atoms with Gasteiger partial charge in [0.05, 0.1) is 6.54 Å². The third-order valence-corrected chi connectivity index (χ3v) is 7.30. The van der Waals surface area contributed by atoms with Crippen LogP contribution >= 0.6 is 11.9 Å². The number of anilines is 1. The van der Waals surface area contributed by atoms with E-state index in [9.17, 15) is 0 Å². The van der Waals surface area contributed by atoms with Crippen molar-refractivity contribution in [3.8, 4) is 0 Å². The smallest absolute Gasteiger partial charge is 0.213 e. The molecule has 3 aromatic rings. The number of rotatable bonds is 5. The molecule has 5 rings (SSSR count). The van der Waals surface area contributed by atoms with E-state index in [4.69, 9.17) is 4.52 Å². The molecular weight excluding hydrogens is 423 g/mol. The van der Waals surface area contributed by atoms with Crippen LogP contribution in [0.4, 0.5) is 10.1 Å². The van der Waals surface area contributed by atoms with Gasteiger partial charge in [-0.05, 0) is 61.6 Å². The third-order valence-electron chi connectivity index (χ3n) is 6.09. The molecule has 0 spiro atoms. The summed E-state index contributed by atoms with van der Waals surface area (Å²) in [6.07, 6.45) is 7.48. The number of hydrogen-bond acceptors (Lipinski definition) is 6. The summed E-state index contributed by atoms with van der Waals surface area (Å²) in [5, 5.41) is 3.97. The second-order valence-corrected chi connectivity index (χ2v) is 9.22. The lowest BCUT2D eigenvalue weighted by Crippen LogP contribution is -2.33. The molecule has 0 amide bonds. The molecule has 32 heavy (non-hydrogen) atoms. The first-order valence-electron chi connectivity index (χ1n) is 10.9. The fourth-order valence-electron chi connectivity index (χ4n) is 4.18. The van der Waals surface area contributed by atoms with Crippen molar-refractivity contribution in [2.45, 2.75) is 32.2 Å². The van der Waals surface area contributed by atoms with E-state index in [2.05, 4.69) is 50.6 Å². The topological polar surface area (TPSA) is 45.4 Å². The SMILES string of the molecule is CC1=CC=C(c2ccccc2)SN1Cc1ccc(N2CCC(c3ncon3)CC2)cc1F. The summed E-state index contributed by atoms with van der Waals surface area (Å²) in [4.78, 5) is 7.58. The number of hydrogen-bond donors (Lipinski definition) is 0. The molecule has 0 bridgehead atoms. The molecule has 5 nitrogen and oxygen atoms in total. The maximum absolute atomic E-state index is 15.1. The van der Waals surface area contributed by atoms with E-state index in [0.29, 0.717) is 18.0 Å². The predicted octanol–water partition coefficient (Wildman–Crippen LogP) is 6.00. The Labute approximate surface area is 191 Å². The summed E-state index contributed by atoms with van der Waals surface area (Å²) >= 11 is 1.66. The molecular formula is C25H25FN4OS. The molecule has 1 fully saturated rings. The lowest BCUT2D eigenvalue weighted by Gasteiger charge is -2.33. The maximum atomic E-state index is 15.1. The zero-order valence-corrected chi connectivity index (χ0v) is 18.8. The average molecular weight is 449 g/mol. The number of piperidine rings is 1. The Bertz CT molecular complexity index is 1120. The van der Waals surface area contributed by atoms with E-state index in [1.165, 1.54) is 12.0 Å². The minimum absolute atomic E-state index is 0.160. The van der Waals surface area contributed by atoms with Crippen LogP contribution in [-0.4, -0.2) is 27.5 Å². The number of halogens is 1. The number of nitrogens with zero attached hydrogens (tertiary/aromatic N) is 4. The Morgan fingerprint density at radius 2 is 1.91 bits per heavy atom. The van der Waals surface area contributed by atoms with Crippen molar-refractivity contribution in [2.24, 2.45) is 0 Å². The van der Waals surface area contributed by atoms with Gasteiger partial charge >= 0.3 is 0 Å². The molecule has 0 aliphatic carbocycles. The van der Waals surface area contributed by atoms with Gasteiger partial charge < -0.3 is 13.7 Å². The summed E-state index contributed by atoms with van der Waals surface area (Å²) in [6.45, 7) is 4.29. The molecule has 0 atom stereocenters. The van der Waals surface area contributed by atoms with E-state index in [0.717, 1.165) is 48.0 Å². The molecule has 0 N–H and O–H groups in total. The van der Waals surface area contributed by atoms with Crippen molar-refractivity contribution >= 4 is 22.5 Å². The molecule has 0 saturated carbocycles. The van der Waals surface area contributed by atoms with Crippen molar-refractivity contribution in [2.75, 3.05) is 18.0 Å². The van der Waals surface area contributed by atoms with Crippen LogP contribution in [0.3, 0.4) is 0 Å². The van der Waals surface area contributed by atoms with Gasteiger partial charge in [-0.1, -0.05) is 41.6 Å². The molecule has 7 heteroatoms. The molecule has 2 aliphatic rings. The summed E-state index contributed by atoms with van der Waals surface area (Å²) < 4.78 is 22.1. The van der Waals surface area contributed by atoms with Crippen LogP contribution in [0.25, 0.3) is 4.91 Å². The number of benzene rings is 2. The molecule has 2 aromatic carbocycles. The first-order chi connectivity index (χ1) is 15.7. The highest BCUT2D eigenvalue weighted by molar-refractivity contribution is 8.06. The van der Waals surface area contributed by atoms with E-state index in [1.54, 1.807) is 18.0 Å². The lowest BCUT2D eigenvalue weighted by molar-refractivity contribution is 0.393. The second kappa shape index (κ2) is 9.20. The Balaban J connectivity index is 1.24. The van der Waals surface area contributed by atoms with Crippen molar-refractivity contribution in [3.05, 3.63) is 95.5 Å². The van der Waals surface area contributed by atoms with Gasteiger partial charge in [0.25, 0.3) is 0 Å². The van der Waals surface area contributed by atoms with Gasteiger partial charge in [-0.2, -0.15) is 4.98 Å². The van der Waals surface area contributed by atoms with Crippen LogP contribution in [0, 0.1) is 5.82 Å². The predicted molar refractivity (Wildman–Crippen MR) is 126 cm³/mol. The fraction of sp³-hybridized carbons (Fsp3) is 0.280. The Morgan fingerprint density at radius 1 is 1.09 bits per heavy atom. The summed E-state index contributed by atoms with van der Waals surface area (Å²) in [5.74, 6) is 0.927. The first-order valence-corrected chi connectivity index (χ1v) is 11.6. The van der Waals surface area contributed by atoms with Gasteiger partial charge in [-0.25, -0.2) is 4.39 Å². The van der Waals surface area contributed by atoms with Crippen molar-refractivity contribution in [1.82, 2.24) is 14.4 Å². The number of aromatic nitrogens is 2. The largest absolute Gasteiger partial charge is 0.371 e. The molecule has 2 aliphatic heterocycles. The average Bonchev–Trinajstić information content (AvgIpc) is 3.37. The summed E-state index contributed by atoms with van der Waals surface area (Å²) in [6, 6.07) is 15.9. The highest BCUT2D eigenvalue weighted by Gasteiger charge is 2.24. The van der Waals surface area contributed by atoms with Crippen LogP contribution in [-0.2, 0) is 6.54 Å². The van der Waals surface area contributed by atoms with Crippen LogP contribution in [0.15, 0.2) is 77.3 Å². The van der Waals surface area contributed by atoms with Gasteiger partial charge in [0.1, 0.15) is 5.82 Å². The Morgan fingerprint density at radius 3 is 2.62 bits per heavy atom. The van der Waals surface area contributed by atoms with Crippen LogP contribution in [0.5, 0.6) is 0 Å². The Kier molecular flexibility index (Phi) is 5.99. The van der Waals surface area contributed by atoms with Gasteiger partial charge in [-0.15, -0.1) is 0 Å². The zero-order chi connectivity index (χ0) is 21.9. The summed E-state index contributed by atoms with van der Waals surface area (Å²) in [5.41, 5.74) is 3.92. The quantitative estimate of drug-likeness (QED) is 0.446. The van der Waals surface area contributed by atoms with Crippen LogP contribution in [0.2, 0.25) is 0 Å².